The summed E-state index contributed by atoms with van der Waals surface area (Å²) < 4.78 is 5.02. The van der Waals surface area contributed by atoms with E-state index in [1.54, 1.807) is 24.3 Å². The number of fused-ring (bicyclic) bond motifs is 1. The van der Waals surface area contributed by atoms with E-state index in [-0.39, 0.29) is 11.3 Å². The molecule has 1 amide bonds. The van der Waals surface area contributed by atoms with Crippen molar-refractivity contribution in [3.63, 3.8) is 0 Å². The van der Waals surface area contributed by atoms with Gasteiger partial charge in [-0.15, -0.1) is 11.3 Å². The van der Waals surface area contributed by atoms with Crippen LogP contribution in [0.15, 0.2) is 24.3 Å². The summed E-state index contributed by atoms with van der Waals surface area (Å²) in [5.74, 6) is -0.116. The van der Waals surface area contributed by atoms with Crippen molar-refractivity contribution >= 4 is 39.8 Å². The SMILES string of the molecule is CCC(C)(C)[C@H]1CCc2c(sc(NC(=O)c3cccc(Cl)c3)c2C(=O)OC)C1. The number of thiophene rings is 1. The van der Waals surface area contributed by atoms with Gasteiger partial charge in [0.25, 0.3) is 5.91 Å². The largest absolute Gasteiger partial charge is 0.465 e. The number of anilines is 1. The smallest absolute Gasteiger partial charge is 0.341 e. The molecular formula is C22H26ClNO3S. The van der Waals surface area contributed by atoms with Crippen LogP contribution in [0.2, 0.25) is 5.02 Å². The van der Waals surface area contributed by atoms with E-state index >= 15 is 0 Å². The number of ether oxygens (including phenoxy) is 1. The van der Waals surface area contributed by atoms with Crippen LogP contribution in [0.4, 0.5) is 5.00 Å². The summed E-state index contributed by atoms with van der Waals surface area (Å²) in [5.41, 5.74) is 2.24. The van der Waals surface area contributed by atoms with Crippen LogP contribution in [0.3, 0.4) is 0 Å². The van der Waals surface area contributed by atoms with Gasteiger partial charge in [0.1, 0.15) is 5.00 Å². The van der Waals surface area contributed by atoms with E-state index in [1.165, 1.54) is 23.3 Å². The molecule has 1 heterocycles. The number of nitrogens with one attached hydrogen (secondary N) is 1. The van der Waals surface area contributed by atoms with Gasteiger partial charge in [-0.1, -0.05) is 44.9 Å². The second kappa shape index (κ2) is 8.26. The molecule has 0 aliphatic heterocycles. The minimum Gasteiger partial charge on any atom is -0.465 e. The fourth-order valence-electron chi connectivity index (χ4n) is 3.75. The Balaban J connectivity index is 1.94. The fourth-order valence-corrected chi connectivity index (χ4v) is 5.25. The summed E-state index contributed by atoms with van der Waals surface area (Å²) in [6.07, 6.45) is 3.91. The zero-order valence-electron chi connectivity index (χ0n) is 16.7. The van der Waals surface area contributed by atoms with Gasteiger partial charge in [-0.05, 0) is 54.4 Å². The Morgan fingerprint density at radius 2 is 2.11 bits per heavy atom. The second-order valence-corrected chi connectivity index (χ2v) is 9.49. The summed E-state index contributed by atoms with van der Waals surface area (Å²) in [5, 5.41) is 3.98. The lowest BCUT2D eigenvalue weighted by molar-refractivity contribution is 0.0600. The molecule has 1 aliphatic rings. The van der Waals surface area contributed by atoms with Gasteiger partial charge in [0.15, 0.2) is 0 Å². The molecule has 0 saturated heterocycles. The quantitative estimate of drug-likeness (QED) is 0.606. The zero-order chi connectivity index (χ0) is 20.5. The molecule has 3 rings (SSSR count). The Kier molecular flexibility index (Phi) is 6.15. The minimum atomic E-state index is -0.396. The van der Waals surface area contributed by atoms with Crippen LogP contribution in [-0.2, 0) is 17.6 Å². The first kappa shape index (κ1) is 20.9. The monoisotopic (exact) mass is 419 g/mol. The van der Waals surface area contributed by atoms with E-state index in [4.69, 9.17) is 16.3 Å². The number of amides is 1. The summed E-state index contributed by atoms with van der Waals surface area (Å²) in [6, 6.07) is 6.77. The second-order valence-electron chi connectivity index (χ2n) is 7.95. The molecule has 4 nitrogen and oxygen atoms in total. The number of halogens is 1. The number of methoxy groups -OCH3 is 1. The van der Waals surface area contributed by atoms with E-state index in [1.807, 2.05) is 0 Å². The van der Waals surface area contributed by atoms with Gasteiger partial charge in [0.2, 0.25) is 0 Å². The first-order valence-electron chi connectivity index (χ1n) is 9.56. The molecule has 1 aliphatic carbocycles. The van der Waals surface area contributed by atoms with E-state index < -0.39 is 5.97 Å². The molecule has 0 fully saturated rings. The third-order valence-electron chi connectivity index (χ3n) is 5.99. The molecule has 2 aromatic rings. The molecule has 1 aromatic carbocycles. The summed E-state index contributed by atoms with van der Waals surface area (Å²) >= 11 is 7.50. The molecule has 150 valence electrons. The van der Waals surface area contributed by atoms with E-state index in [9.17, 15) is 9.59 Å². The molecule has 1 aromatic heterocycles. The van der Waals surface area contributed by atoms with Crippen molar-refractivity contribution in [1.29, 1.82) is 0 Å². The van der Waals surface area contributed by atoms with Crippen LogP contribution >= 0.6 is 22.9 Å². The predicted octanol–water partition coefficient (Wildman–Crippen LogP) is 5.98. The van der Waals surface area contributed by atoms with Crippen molar-refractivity contribution in [1.82, 2.24) is 0 Å². The fraction of sp³-hybridized carbons (Fsp3) is 0.455. The van der Waals surface area contributed by atoms with Gasteiger partial charge in [-0.3, -0.25) is 4.79 Å². The first-order valence-corrected chi connectivity index (χ1v) is 10.8. The molecule has 1 N–H and O–H groups in total. The summed E-state index contributed by atoms with van der Waals surface area (Å²) in [6.45, 7) is 6.83. The Morgan fingerprint density at radius 3 is 2.75 bits per heavy atom. The Bertz CT molecular complexity index is 903. The van der Waals surface area contributed by atoms with Crippen molar-refractivity contribution in [3.05, 3.63) is 50.9 Å². The number of hydrogen-bond donors (Lipinski definition) is 1. The van der Waals surface area contributed by atoms with Crippen LogP contribution in [-0.4, -0.2) is 19.0 Å². The van der Waals surface area contributed by atoms with Crippen molar-refractivity contribution in [2.75, 3.05) is 12.4 Å². The van der Waals surface area contributed by atoms with Gasteiger partial charge in [0, 0.05) is 15.5 Å². The molecule has 0 radical (unpaired) electrons. The average Bonchev–Trinajstić information content (AvgIpc) is 3.04. The highest BCUT2D eigenvalue weighted by Gasteiger charge is 2.35. The third-order valence-corrected chi connectivity index (χ3v) is 7.39. The molecule has 28 heavy (non-hydrogen) atoms. The molecule has 0 saturated carbocycles. The van der Waals surface area contributed by atoms with Crippen molar-refractivity contribution in [2.45, 2.75) is 46.5 Å². The predicted molar refractivity (Wildman–Crippen MR) is 115 cm³/mol. The summed E-state index contributed by atoms with van der Waals surface area (Å²) in [7, 11) is 1.38. The molecule has 1 atom stereocenters. The Hall–Kier alpha value is -1.85. The lowest BCUT2D eigenvalue weighted by Gasteiger charge is -2.36. The molecule has 0 bridgehead atoms. The maximum Gasteiger partial charge on any atom is 0.341 e. The van der Waals surface area contributed by atoms with Crippen molar-refractivity contribution < 1.29 is 14.3 Å². The van der Waals surface area contributed by atoms with Gasteiger partial charge in [-0.2, -0.15) is 0 Å². The number of carbonyl (C=O) groups excluding carboxylic acids is 2. The van der Waals surface area contributed by atoms with Gasteiger partial charge in [0.05, 0.1) is 12.7 Å². The number of benzene rings is 1. The highest BCUT2D eigenvalue weighted by molar-refractivity contribution is 7.17. The number of carbonyl (C=O) groups is 2. The number of rotatable bonds is 5. The van der Waals surface area contributed by atoms with Crippen LogP contribution in [0.5, 0.6) is 0 Å². The van der Waals surface area contributed by atoms with Gasteiger partial charge >= 0.3 is 5.97 Å². The van der Waals surface area contributed by atoms with E-state index in [2.05, 4.69) is 26.1 Å². The van der Waals surface area contributed by atoms with Gasteiger partial charge in [-0.25, -0.2) is 4.79 Å². The van der Waals surface area contributed by atoms with E-state index in [0.29, 0.717) is 27.1 Å². The number of esters is 1. The van der Waals surface area contributed by atoms with E-state index in [0.717, 1.165) is 31.2 Å². The van der Waals surface area contributed by atoms with Crippen molar-refractivity contribution in [3.8, 4) is 0 Å². The van der Waals surface area contributed by atoms with Crippen molar-refractivity contribution in [2.24, 2.45) is 11.3 Å². The maximum absolute atomic E-state index is 12.7. The van der Waals surface area contributed by atoms with Crippen LogP contribution in [0.1, 0.15) is 64.8 Å². The lowest BCUT2D eigenvalue weighted by Crippen LogP contribution is -2.28. The maximum atomic E-state index is 12.7. The topological polar surface area (TPSA) is 55.4 Å². The standard InChI is InChI=1S/C22H26ClNO3S/c1-5-22(2,3)14-9-10-16-17(12-14)28-20(18(16)21(26)27-4)24-19(25)13-7-6-8-15(23)11-13/h6-8,11,14H,5,9-10,12H2,1-4H3,(H,24,25)/t14-/m0/s1. The Labute approximate surface area is 175 Å². The molecule has 0 spiro atoms. The lowest BCUT2D eigenvalue weighted by atomic mass is 9.69. The van der Waals surface area contributed by atoms with Crippen LogP contribution in [0, 0.1) is 11.3 Å². The number of hydrogen-bond acceptors (Lipinski definition) is 4. The molecule has 0 unspecified atom stereocenters. The first-order chi connectivity index (χ1) is 13.3. The van der Waals surface area contributed by atoms with Crippen LogP contribution in [0.25, 0.3) is 0 Å². The highest BCUT2D eigenvalue weighted by Crippen LogP contribution is 2.45. The molecule has 6 heteroatoms. The van der Waals surface area contributed by atoms with Gasteiger partial charge < -0.3 is 10.1 Å². The average molecular weight is 420 g/mol. The highest BCUT2D eigenvalue weighted by atomic mass is 35.5. The summed E-state index contributed by atoms with van der Waals surface area (Å²) in [4.78, 5) is 26.4. The minimum absolute atomic E-state index is 0.247. The van der Waals surface area contributed by atoms with Crippen LogP contribution < -0.4 is 5.32 Å². The molecular weight excluding hydrogens is 394 g/mol. The zero-order valence-corrected chi connectivity index (χ0v) is 18.3. The normalized spacial score (nSPS) is 16.4. The third kappa shape index (κ3) is 4.11. The Morgan fingerprint density at radius 1 is 1.36 bits per heavy atom.